The smallest absolute Gasteiger partial charge is 0.161 e. The summed E-state index contributed by atoms with van der Waals surface area (Å²) < 4.78 is 42.4. The van der Waals surface area contributed by atoms with Crippen molar-refractivity contribution in [2.24, 2.45) is 0 Å². The van der Waals surface area contributed by atoms with E-state index in [9.17, 15) is 13.2 Å². The highest BCUT2D eigenvalue weighted by Gasteiger charge is 2.11. The monoisotopic (exact) mass is 340 g/mol. The van der Waals surface area contributed by atoms with Crippen molar-refractivity contribution in [3.05, 3.63) is 64.1 Å². The Balaban J connectivity index is 2.04. The maximum Gasteiger partial charge on any atom is 0.161 e. The van der Waals surface area contributed by atoms with Crippen LogP contribution in [-0.4, -0.2) is 9.55 Å². The van der Waals surface area contributed by atoms with Gasteiger partial charge in [-0.15, -0.1) is 0 Å². The quantitative estimate of drug-likeness (QED) is 0.681. The first-order chi connectivity index (χ1) is 9.54. The molecule has 0 N–H and O–H groups in total. The summed E-state index contributed by atoms with van der Waals surface area (Å²) in [5, 5.41) is 0. The molecule has 0 amide bonds. The minimum absolute atomic E-state index is 0.195. The van der Waals surface area contributed by atoms with Gasteiger partial charge in [0.2, 0.25) is 0 Å². The number of imidazole rings is 1. The Labute approximate surface area is 121 Å². The summed E-state index contributed by atoms with van der Waals surface area (Å²) in [6.45, 7) is 0.195. The minimum atomic E-state index is -0.949. The summed E-state index contributed by atoms with van der Waals surface area (Å²) in [4.78, 5) is 3.99. The van der Waals surface area contributed by atoms with Gasteiger partial charge in [0, 0.05) is 22.2 Å². The van der Waals surface area contributed by atoms with E-state index >= 15 is 0 Å². The van der Waals surface area contributed by atoms with Gasteiger partial charge in [0.25, 0.3) is 0 Å². The van der Waals surface area contributed by atoms with Crippen LogP contribution in [0.25, 0.3) is 11.0 Å². The topological polar surface area (TPSA) is 17.8 Å². The zero-order chi connectivity index (χ0) is 14.3. The molecule has 2 aromatic carbocycles. The van der Waals surface area contributed by atoms with Crippen molar-refractivity contribution in [3.8, 4) is 0 Å². The summed E-state index contributed by atoms with van der Waals surface area (Å²) in [5.41, 5.74) is 1.20. The first kappa shape index (κ1) is 13.2. The molecule has 0 saturated heterocycles. The molecule has 0 unspecified atom stereocenters. The molecule has 20 heavy (non-hydrogen) atoms. The molecular weight excluding hydrogens is 333 g/mol. The fraction of sp³-hybridized carbons (Fsp3) is 0.0714. The normalized spacial score (nSPS) is 11.2. The standard InChI is InChI=1S/C14H8BrF3N2/c15-9-2-1-8(10(16)3-9)6-20-7-19-13-4-11(17)12(18)5-14(13)20/h1-5,7H,6H2. The molecule has 102 valence electrons. The third-order valence-electron chi connectivity index (χ3n) is 3.02. The van der Waals surface area contributed by atoms with Crippen LogP contribution in [0.3, 0.4) is 0 Å². The number of hydrogen-bond acceptors (Lipinski definition) is 1. The van der Waals surface area contributed by atoms with Gasteiger partial charge in [-0.3, -0.25) is 0 Å². The molecule has 0 bridgehead atoms. The molecule has 0 saturated carbocycles. The largest absolute Gasteiger partial charge is 0.326 e. The van der Waals surface area contributed by atoms with Crippen molar-refractivity contribution in [2.45, 2.75) is 6.54 Å². The Morgan fingerprint density at radius 1 is 1.00 bits per heavy atom. The van der Waals surface area contributed by atoms with Gasteiger partial charge in [-0.2, -0.15) is 0 Å². The van der Waals surface area contributed by atoms with Crippen molar-refractivity contribution < 1.29 is 13.2 Å². The molecule has 0 aliphatic rings. The summed E-state index contributed by atoms with van der Waals surface area (Å²) in [5.74, 6) is -2.27. The van der Waals surface area contributed by atoms with Gasteiger partial charge in [0.15, 0.2) is 11.6 Å². The Kier molecular flexibility index (Phi) is 3.25. The van der Waals surface area contributed by atoms with Gasteiger partial charge in [0.05, 0.1) is 23.9 Å². The molecule has 0 aliphatic heterocycles. The molecule has 1 heterocycles. The molecule has 0 aliphatic carbocycles. The second-order valence-corrected chi connectivity index (χ2v) is 5.28. The first-order valence-electron chi connectivity index (χ1n) is 5.78. The van der Waals surface area contributed by atoms with E-state index in [-0.39, 0.29) is 12.4 Å². The molecule has 0 spiro atoms. The lowest BCUT2D eigenvalue weighted by Crippen LogP contribution is -2.01. The van der Waals surface area contributed by atoms with Crippen LogP contribution in [-0.2, 0) is 6.54 Å². The van der Waals surface area contributed by atoms with Crippen molar-refractivity contribution >= 4 is 27.0 Å². The fourth-order valence-corrected chi connectivity index (χ4v) is 2.35. The molecule has 0 radical (unpaired) electrons. The van der Waals surface area contributed by atoms with Gasteiger partial charge >= 0.3 is 0 Å². The molecule has 0 fully saturated rings. The summed E-state index contributed by atoms with van der Waals surface area (Å²) in [6.07, 6.45) is 1.44. The summed E-state index contributed by atoms with van der Waals surface area (Å²) in [6, 6.07) is 6.80. The van der Waals surface area contributed by atoms with E-state index in [2.05, 4.69) is 20.9 Å². The zero-order valence-electron chi connectivity index (χ0n) is 10.1. The fourth-order valence-electron chi connectivity index (χ4n) is 2.01. The van der Waals surface area contributed by atoms with Crippen molar-refractivity contribution in [3.63, 3.8) is 0 Å². The zero-order valence-corrected chi connectivity index (χ0v) is 11.7. The van der Waals surface area contributed by atoms with E-state index in [1.54, 1.807) is 16.7 Å². The summed E-state index contributed by atoms with van der Waals surface area (Å²) in [7, 11) is 0. The first-order valence-corrected chi connectivity index (χ1v) is 6.58. The highest BCUT2D eigenvalue weighted by Crippen LogP contribution is 2.21. The van der Waals surface area contributed by atoms with Crippen LogP contribution in [0.5, 0.6) is 0 Å². The second-order valence-electron chi connectivity index (χ2n) is 4.36. The van der Waals surface area contributed by atoms with E-state index in [1.165, 1.54) is 12.4 Å². The number of nitrogens with zero attached hydrogens (tertiary/aromatic N) is 2. The molecule has 3 aromatic rings. The summed E-state index contributed by atoms with van der Waals surface area (Å²) >= 11 is 3.18. The average molecular weight is 341 g/mol. The van der Waals surface area contributed by atoms with Crippen molar-refractivity contribution in [2.75, 3.05) is 0 Å². The SMILES string of the molecule is Fc1cc2ncn(Cc3ccc(Br)cc3F)c2cc1F. The van der Waals surface area contributed by atoms with Gasteiger partial charge < -0.3 is 4.57 Å². The molecule has 1 aromatic heterocycles. The van der Waals surface area contributed by atoms with Crippen LogP contribution in [0.2, 0.25) is 0 Å². The highest BCUT2D eigenvalue weighted by molar-refractivity contribution is 9.10. The Morgan fingerprint density at radius 3 is 2.50 bits per heavy atom. The lowest BCUT2D eigenvalue weighted by molar-refractivity contribution is 0.510. The molecule has 6 heteroatoms. The van der Waals surface area contributed by atoms with E-state index in [0.717, 1.165) is 12.1 Å². The van der Waals surface area contributed by atoms with Crippen LogP contribution in [0.15, 0.2) is 41.1 Å². The maximum atomic E-state index is 13.8. The molecular formula is C14H8BrF3N2. The van der Waals surface area contributed by atoms with E-state index in [0.29, 0.717) is 21.1 Å². The van der Waals surface area contributed by atoms with Gasteiger partial charge in [-0.05, 0) is 12.1 Å². The minimum Gasteiger partial charge on any atom is -0.326 e. The lowest BCUT2D eigenvalue weighted by Gasteiger charge is -2.06. The van der Waals surface area contributed by atoms with Crippen molar-refractivity contribution in [1.82, 2.24) is 9.55 Å². The Bertz CT molecular complexity index is 798. The van der Waals surface area contributed by atoms with Crippen LogP contribution in [0, 0.1) is 17.5 Å². The number of halogens is 4. The molecule has 2 nitrogen and oxygen atoms in total. The van der Waals surface area contributed by atoms with Crippen LogP contribution < -0.4 is 0 Å². The van der Waals surface area contributed by atoms with E-state index < -0.39 is 11.6 Å². The van der Waals surface area contributed by atoms with Crippen LogP contribution in [0.4, 0.5) is 13.2 Å². The number of benzene rings is 2. The van der Waals surface area contributed by atoms with E-state index in [4.69, 9.17) is 0 Å². The number of rotatable bonds is 2. The predicted molar refractivity (Wildman–Crippen MR) is 72.9 cm³/mol. The maximum absolute atomic E-state index is 13.8. The average Bonchev–Trinajstić information content (AvgIpc) is 2.76. The van der Waals surface area contributed by atoms with Gasteiger partial charge in [-0.1, -0.05) is 22.0 Å². The third kappa shape index (κ3) is 2.31. The van der Waals surface area contributed by atoms with Crippen LogP contribution in [0.1, 0.15) is 5.56 Å². The number of hydrogen-bond donors (Lipinski definition) is 0. The molecule has 3 rings (SSSR count). The Hall–Kier alpha value is -1.82. The third-order valence-corrected chi connectivity index (χ3v) is 3.51. The predicted octanol–water partition coefficient (Wildman–Crippen LogP) is 4.26. The number of aromatic nitrogens is 2. The van der Waals surface area contributed by atoms with Gasteiger partial charge in [0.1, 0.15) is 5.82 Å². The lowest BCUT2D eigenvalue weighted by atomic mass is 10.2. The Morgan fingerprint density at radius 2 is 1.75 bits per heavy atom. The second kappa shape index (κ2) is 4.94. The molecule has 0 atom stereocenters. The van der Waals surface area contributed by atoms with Gasteiger partial charge in [-0.25, -0.2) is 18.2 Å². The van der Waals surface area contributed by atoms with E-state index in [1.807, 2.05) is 0 Å². The van der Waals surface area contributed by atoms with Crippen molar-refractivity contribution in [1.29, 1.82) is 0 Å². The number of fused-ring (bicyclic) bond motifs is 1. The van der Waals surface area contributed by atoms with Crippen LogP contribution >= 0.6 is 15.9 Å². The highest BCUT2D eigenvalue weighted by atomic mass is 79.9.